The quantitative estimate of drug-likeness (QED) is 0.850. The zero-order valence-electron chi connectivity index (χ0n) is 11.8. The molecule has 1 saturated heterocycles. The van der Waals surface area contributed by atoms with Crippen molar-refractivity contribution >= 4 is 12.0 Å². The number of urea groups is 1. The number of aliphatic carboxylic acids is 1. The molecule has 2 aliphatic rings. The number of piperidine rings is 1. The number of carbonyl (C=O) groups is 2. The van der Waals surface area contributed by atoms with E-state index < -0.39 is 5.97 Å². The zero-order chi connectivity index (χ0) is 14.0. The van der Waals surface area contributed by atoms with Gasteiger partial charge in [-0.1, -0.05) is 6.92 Å². The summed E-state index contributed by atoms with van der Waals surface area (Å²) in [6.45, 7) is 5.41. The number of hydrogen-bond acceptors (Lipinski definition) is 2. The van der Waals surface area contributed by atoms with Gasteiger partial charge in [0.1, 0.15) is 0 Å². The van der Waals surface area contributed by atoms with Crippen molar-refractivity contribution in [1.82, 2.24) is 9.80 Å². The number of carbonyl (C=O) groups excluding carboxylic acids is 1. The highest BCUT2D eigenvalue weighted by Gasteiger charge is 2.37. The van der Waals surface area contributed by atoms with Crippen LogP contribution in [0.1, 0.15) is 46.0 Å². The fraction of sp³-hybridized carbons (Fsp3) is 0.857. The van der Waals surface area contributed by atoms with Crippen molar-refractivity contribution in [1.29, 1.82) is 0 Å². The normalized spacial score (nSPS) is 27.2. The number of likely N-dealkylation sites (tertiary alicyclic amines) is 1. The third-order valence-corrected chi connectivity index (χ3v) is 4.16. The third-order valence-electron chi connectivity index (χ3n) is 4.16. The Balaban J connectivity index is 1.99. The van der Waals surface area contributed by atoms with Gasteiger partial charge >= 0.3 is 12.0 Å². The number of carboxylic acids is 1. The smallest absolute Gasteiger partial charge is 0.320 e. The molecular formula is C14H24N2O3. The van der Waals surface area contributed by atoms with Crippen LogP contribution in [-0.4, -0.2) is 52.1 Å². The number of carboxylic acid groups (broad SMARTS) is 1. The minimum atomic E-state index is -0.835. The average molecular weight is 268 g/mol. The van der Waals surface area contributed by atoms with Crippen LogP contribution in [0.4, 0.5) is 4.79 Å². The van der Waals surface area contributed by atoms with Gasteiger partial charge in [-0.15, -0.1) is 0 Å². The van der Waals surface area contributed by atoms with Crippen LogP contribution in [0.25, 0.3) is 0 Å². The van der Waals surface area contributed by atoms with E-state index in [1.807, 2.05) is 4.90 Å². The summed E-state index contributed by atoms with van der Waals surface area (Å²) >= 11 is 0. The van der Waals surface area contributed by atoms with Gasteiger partial charge in [0.15, 0.2) is 0 Å². The molecule has 0 aromatic carbocycles. The van der Waals surface area contributed by atoms with E-state index in [4.69, 9.17) is 5.11 Å². The van der Waals surface area contributed by atoms with E-state index in [2.05, 4.69) is 13.8 Å². The molecule has 2 atom stereocenters. The van der Waals surface area contributed by atoms with Crippen LogP contribution in [0.3, 0.4) is 0 Å². The Morgan fingerprint density at radius 1 is 1.21 bits per heavy atom. The van der Waals surface area contributed by atoms with Crippen LogP contribution in [-0.2, 0) is 4.79 Å². The van der Waals surface area contributed by atoms with Crippen molar-refractivity contribution in [2.75, 3.05) is 13.1 Å². The van der Waals surface area contributed by atoms with Gasteiger partial charge < -0.3 is 14.9 Å². The van der Waals surface area contributed by atoms with Gasteiger partial charge in [-0.25, -0.2) is 4.79 Å². The highest BCUT2D eigenvalue weighted by Crippen LogP contribution is 2.30. The first-order valence-corrected chi connectivity index (χ1v) is 7.28. The van der Waals surface area contributed by atoms with Crippen molar-refractivity contribution in [3.8, 4) is 0 Å². The summed E-state index contributed by atoms with van der Waals surface area (Å²) in [7, 11) is 0. The number of hydrogen-bond donors (Lipinski definition) is 1. The Morgan fingerprint density at radius 3 is 2.47 bits per heavy atom. The molecule has 1 saturated carbocycles. The van der Waals surface area contributed by atoms with E-state index in [0.29, 0.717) is 12.5 Å². The largest absolute Gasteiger partial charge is 0.481 e. The van der Waals surface area contributed by atoms with Gasteiger partial charge in [0.2, 0.25) is 0 Å². The topological polar surface area (TPSA) is 60.9 Å². The molecule has 1 aliphatic heterocycles. The van der Waals surface area contributed by atoms with Gasteiger partial charge in [0, 0.05) is 25.2 Å². The predicted octanol–water partition coefficient (Wildman–Crippen LogP) is 2.17. The Hall–Kier alpha value is -1.26. The fourth-order valence-electron chi connectivity index (χ4n) is 2.76. The lowest BCUT2D eigenvalue weighted by atomic mass is 9.95. The second-order valence-electron chi connectivity index (χ2n) is 6.03. The molecule has 5 nitrogen and oxygen atoms in total. The van der Waals surface area contributed by atoms with E-state index in [-0.39, 0.29) is 24.5 Å². The molecule has 2 rings (SSSR count). The standard InChI is InChI=1S/C14H24N2O3/c1-10-3-4-11(2)16(9-10)14(19)15(12-5-6-12)8-7-13(17)18/h10-12H,3-9H2,1-2H3,(H,17,18). The predicted molar refractivity (Wildman–Crippen MR) is 71.9 cm³/mol. The molecule has 0 aromatic heterocycles. The molecule has 1 heterocycles. The van der Waals surface area contributed by atoms with Crippen LogP contribution in [0.5, 0.6) is 0 Å². The van der Waals surface area contributed by atoms with E-state index in [1.54, 1.807) is 4.90 Å². The van der Waals surface area contributed by atoms with Crippen molar-refractivity contribution in [2.24, 2.45) is 5.92 Å². The Kier molecular flexibility index (Phi) is 4.32. The minimum absolute atomic E-state index is 0.0417. The first kappa shape index (κ1) is 14.2. The Bertz CT molecular complexity index is 355. The van der Waals surface area contributed by atoms with E-state index in [9.17, 15) is 9.59 Å². The summed E-state index contributed by atoms with van der Waals surface area (Å²) in [4.78, 5) is 27.0. The first-order valence-electron chi connectivity index (χ1n) is 7.28. The van der Waals surface area contributed by atoms with Crippen LogP contribution in [0.2, 0.25) is 0 Å². The highest BCUT2D eigenvalue weighted by molar-refractivity contribution is 5.76. The van der Waals surface area contributed by atoms with Crippen molar-refractivity contribution in [3.63, 3.8) is 0 Å². The van der Waals surface area contributed by atoms with Crippen molar-refractivity contribution < 1.29 is 14.7 Å². The van der Waals surface area contributed by atoms with E-state index in [1.165, 1.54) is 6.42 Å². The fourth-order valence-corrected chi connectivity index (χ4v) is 2.76. The summed E-state index contributed by atoms with van der Waals surface area (Å²) < 4.78 is 0. The Morgan fingerprint density at radius 2 is 1.89 bits per heavy atom. The number of nitrogens with zero attached hydrogens (tertiary/aromatic N) is 2. The molecule has 1 aliphatic carbocycles. The monoisotopic (exact) mass is 268 g/mol. The second-order valence-corrected chi connectivity index (χ2v) is 6.03. The van der Waals surface area contributed by atoms with Crippen LogP contribution in [0, 0.1) is 5.92 Å². The van der Waals surface area contributed by atoms with Crippen molar-refractivity contribution in [3.05, 3.63) is 0 Å². The summed E-state index contributed by atoms with van der Waals surface area (Å²) in [5, 5.41) is 8.80. The third kappa shape index (κ3) is 3.61. The molecular weight excluding hydrogens is 244 g/mol. The van der Waals surface area contributed by atoms with Crippen LogP contribution in [0.15, 0.2) is 0 Å². The lowest BCUT2D eigenvalue weighted by Crippen LogP contribution is -2.52. The van der Waals surface area contributed by atoms with Crippen LogP contribution >= 0.6 is 0 Å². The molecule has 0 spiro atoms. The van der Waals surface area contributed by atoms with Gasteiger partial charge in [-0.05, 0) is 38.5 Å². The molecule has 1 N–H and O–H groups in total. The summed E-state index contributed by atoms with van der Waals surface area (Å²) in [6.07, 6.45) is 4.29. The minimum Gasteiger partial charge on any atom is -0.481 e. The maximum atomic E-state index is 12.6. The van der Waals surface area contributed by atoms with Gasteiger partial charge in [0.25, 0.3) is 0 Å². The summed E-state index contributed by atoms with van der Waals surface area (Å²) in [5.74, 6) is -0.292. The first-order chi connectivity index (χ1) is 8.99. The summed E-state index contributed by atoms with van der Waals surface area (Å²) in [6, 6.07) is 0.592. The molecule has 2 amide bonds. The molecule has 2 fully saturated rings. The molecule has 19 heavy (non-hydrogen) atoms. The summed E-state index contributed by atoms with van der Waals surface area (Å²) in [5.41, 5.74) is 0. The molecule has 2 unspecified atom stereocenters. The van der Waals surface area contributed by atoms with Gasteiger partial charge in [0.05, 0.1) is 6.42 Å². The van der Waals surface area contributed by atoms with Gasteiger partial charge in [-0.3, -0.25) is 4.79 Å². The second kappa shape index (κ2) is 5.80. The number of rotatable bonds is 4. The van der Waals surface area contributed by atoms with Crippen molar-refractivity contribution in [2.45, 2.75) is 58.0 Å². The van der Waals surface area contributed by atoms with Gasteiger partial charge in [-0.2, -0.15) is 0 Å². The lowest BCUT2D eigenvalue weighted by molar-refractivity contribution is -0.137. The Labute approximate surface area is 114 Å². The molecule has 108 valence electrons. The lowest BCUT2D eigenvalue weighted by Gasteiger charge is -2.40. The zero-order valence-corrected chi connectivity index (χ0v) is 11.8. The SMILES string of the molecule is CC1CCC(C)N(C(=O)N(CCC(=O)O)C2CC2)C1. The number of amides is 2. The molecule has 0 radical (unpaired) electrons. The maximum absolute atomic E-state index is 12.6. The average Bonchev–Trinajstić information content (AvgIpc) is 3.16. The maximum Gasteiger partial charge on any atom is 0.320 e. The molecule has 0 aromatic rings. The van der Waals surface area contributed by atoms with E-state index in [0.717, 1.165) is 25.8 Å². The van der Waals surface area contributed by atoms with E-state index >= 15 is 0 Å². The highest BCUT2D eigenvalue weighted by atomic mass is 16.4. The molecule has 5 heteroatoms. The van der Waals surface area contributed by atoms with Crippen LogP contribution < -0.4 is 0 Å². The molecule has 0 bridgehead atoms.